The zero-order chi connectivity index (χ0) is 24.2. The van der Waals surface area contributed by atoms with Gasteiger partial charge in [0.05, 0.1) is 32.9 Å². The van der Waals surface area contributed by atoms with Crippen molar-refractivity contribution in [3.8, 4) is 11.5 Å². The van der Waals surface area contributed by atoms with E-state index in [1.807, 2.05) is 36.4 Å². The summed E-state index contributed by atoms with van der Waals surface area (Å²) in [7, 11) is 4.49. The summed E-state index contributed by atoms with van der Waals surface area (Å²) in [4.78, 5) is 26.8. The van der Waals surface area contributed by atoms with Crippen LogP contribution in [0, 0.1) is 0 Å². The molecule has 0 aromatic heterocycles. The normalized spacial score (nSPS) is 15.4. The van der Waals surface area contributed by atoms with Crippen molar-refractivity contribution in [3.05, 3.63) is 101 Å². The lowest BCUT2D eigenvalue weighted by Crippen LogP contribution is -2.29. The van der Waals surface area contributed by atoms with Crippen LogP contribution in [0.25, 0.3) is 5.57 Å². The smallest absolute Gasteiger partial charge is 0.337 e. The molecule has 0 unspecified atom stereocenters. The van der Waals surface area contributed by atoms with E-state index in [9.17, 15) is 14.7 Å². The van der Waals surface area contributed by atoms with Crippen molar-refractivity contribution in [3.63, 3.8) is 0 Å². The van der Waals surface area contributed by atoms with E-state index < -0.39 is 17.9 Å². The molecule has 1 amide bonds. The van der Waals surface area contributed by atoms with Gasteiger partial charge in [-0.2, -0.15) is 0 Å². The van der Waals surface area contributed by atoms with Crippen LogP contribution < -0.4 is 9.47 Å². The SMILES string of the molecule is COC(=O)c1ccc([C@@H]2C(c3ccc(OC)cc3)=C(O)C(=O)N2Cc2ccc(OC)cc2)cc1. The molecule has 4 rings (SSSR count). The molecule has 1 aliphatic heterocycles. The minimum Gasteiger partial charge on any atom is -0.503 e. The van der Waals surface area contributed by atoms with Crippen molar-refractivity contribution < 1.29 is 28.9 Å². The molecule has 0 saturated carbocycles. The number of hydrogen-bond acceptors (Lipinski definition) is 6. The number of aliphatic hydroxyl groups is 1. The minimum atomic E-state index is -0.560. The van der Waals surface area contributed by atoms with Gasteiger partial charge in [-0.1, -0.05) is 36.4 Å². The summed E-state index contributed by atoms with van der Waals surface area (Å²) in [6, 6.07) is 20.9. The third-order valence-corrected chi connectivity index (χ3v) is 5.86. The van der Waals surface area contributed by atoms with Crippen molar-refractivity contribution in [1.29, 1.82) is 0 Å². The second kappa shape index (κ2) is 9.70. The van der Waals surface area contributed by atoms with E-state index in [4.69, 9.17) is 14.2 Å². The predicted octanol–water partition coefficient (Wildman–Crippen LogP) is 4.54. The van der Waals surface area contributed by atoms with Gasteiger partial charge in [-0.25, -0.2) is 4.79 Å². The summed E-state index contributed by atoms with van der Waals surface area (Å²) in [5, 5.41) is 10.9. The number of ether oxygens (including phenoxy) is 3. The average molecular weight is 459 g/mol. The van der Waals surface area contributed by atoms with Crippen LogP contribution in [0.2, 0.25) is 0 Å². The van der Waals surface area contributed by atoms with Crippen molar-refractivity contribution in [2.24, 2.45) is 0 Å². The fraction of sp³-hybridized carbons (Fsp3) is 0.185. The first-order valence-electron chi connectivity index (χ1n) is 10.7. The number of carbonyl (C=O) groups is 2. The van der Waals surface area contributed by atoms with Gasteiger partial charge >= 0.3 is 5.97 Å². The molecule has 1 N–H and O–H groups in total. The number of methoxy groups -OCH3 is 3. The second-order valence-electron chi connectivity index (χ2n) is 7.79. The van der Waals surface area contributed by atoms with Gasteiger partial charge in [0.15, 0.2) is 5.76 Å². The zero-order valence-corrected chi connectivity index (χ0v) is 19.1. The van der Waals surface area contributed by atoms with E-state index in [1.54, 1.807) is 55.5 Å². The maximum atomic E-state index is 13.2. The third kappa shape index (κ3) is 4.32. The molecule has 1 atom stereocenters. The van der Waals surface area contributed by atoms with Gasteiger partial charge in [-0.05, 0) is 53.1 Å². The fourth-order valence-corrected chi connectivity index (χ4v) is 4.08. The summed E-state index contributed by atoms with van der Waals surface area (Å²) in [6.07, 6.45) is 0. The van der Waals surface area contributed by atoms with Gasteiger partial charge in [0.1, 0.15) is 11.5 Å². The molecule has 0 radical (unpaired) electrons. The first-order valence-corrected chi connectivity index (χ1v) is 10.7. The first kappa shape index (κ1) is 22.9. The van der Waals surface area contributed by atoms with Crippen LogP contribution in [0.5, 0.6) is 11.5 Å². The van der Waals surface area contributed by atoms with E-state index in [0.29, 0.717) is 28.2 Å². The van der Waals surface area contributed by atoms with Crippen LogP contribution in [0.3, 0.4) is 0 Å². The van der Waals surface area contributed by atoms with Crippen molar-refractivity contribution in [1.82, 2.24) is 4.90 Å². The Kier molecular flexibility index (Phi) is 6.54. The number of hydrogen-bond donors (Lipinski definition) is 1. The number of nitrogens with zero attached hydrogens (tertiary/aromatic N) is 1. The number of rotatable bonds is 7. The largest absolute Gasteiger partial charge is 0.503 e. The molecule has 0 fully saturated rings. The average Bonchev–Trinajstić information content (AvgIpc) is 3.13. The van der Waals surface area contributed by atoms with E-state index in [2.05, 4.69) is 0 Å². The van der Waals surface area contributed by atoms with Crippen LogP contribution in [-0.4, -0.2) is 43.2 Å². The highest BCUT2D eigenvalue weighted by Crippen LogP contribution is 2.44. The molecule has 1 heterocycles. The Labute approximate surface area is 197 Å². The lowest BCUT2D eigenvalue weighted by Gasteiger charge is -2.27. The van der Waals surface area contributed by atoms with Crippen molar-refractivity contribution in [2.45, 2.75) is 12.6 Å². The van der Waals surface area contributed by atoms with Crippen LogP contribution in [-0.2, 0) is 16.1 Å². The van der Waals surface area contributed by atoms with Gasteiger partial charge in [-0.15, -0.1) is 0 Å². The standard InChI is InChI=1S/C27H25NO6/c1-32-21-12-4-17(5-13-21)16-28-24(19-6-8-20(9-7-19)27(31)34-3)23(25(29)26(28)30)18-10-14-22(33-2)15-11-18/h4-15,24,29H,16H2,1-3H3/t24-/m1/s1. The Morgan fingerprint density at radius 1 is 0.853 bits per heavy atom. The van der Waals surface area contributed by atoms with Gasteiger partial charge in [-0.3, -0.25) is 4.79 Å². The molecule has 7 heteroatoms. The number of amides is 1. The fourth-order valence-electron chi connectivity index (χ4n) is 4.08. The Morgan fingerprint density at radius 3 is 1.94 bits per heavy atom. The van der Waals surface area contributed by atoms with Crippen molar-refractivity contribution in [2.75, 3.05) is 21.3 Å². The first-order chi connectivity index (χ1) is 16.5. The lowest BCUT2D eigenvalue weighted by atomic mass is 9.92. The van der Waals surface area contributed by atoms with E-state index >= 15 is 0 Å². The van der Waals surface area contributed by atoms with Crippen LogP contribution in [0.4, 0.5) is 0 Å². The predicted molar refractivity (Wildman–Crippen MR) is 127 cm³/mol. The highest BCUT2D eigenvalue weighted by atomic mass is 16.5. The number of aliphatic hydroxyl groups excluding tert-OH is 1. The zero-order valence-electron chi connectivity index (χ0n) is 19.1. The minimum absolute atomic E-state index is 0.274. The van der Waals surface area contributed by atoms with Gasteiger partial charge < -0.3 is 24.2 Å². The third-order valence-electron chi connectivity index (χ3n) is 5.86. The highest BCUT2D eigenvalue weighted by molar-refractivity contribution is 6.05. The maximum absolute atomic E-state index is 13.2. The monoisotopic (exact) mass is 459 g/mol. The van der Waals surface area contributed by atoms with Crippen LogP contribution >= 0.6 is 0 Å². The molecular formula is C27H25NO6. The Morgan fingerprint density at radius 2 is 1.41 bits per heavy atom. The molecule has 3 aromatic carbocycles. The molecule has 7 nitrogen and oxygen atoms in total. The Bertz CT molecular complexity index is 1210. The molecule has 3 aromatic rings. The molecule has 0 spiro atoms. The van der Waals surface area contributed by atoms with Gasteiger partial charge in [0.25, 0.3) is 5.91 Å². The van der Waals surface area contributed by atoms with E-state index in [-0.39, 0.29) is 12.3 Å². The number of benzene rings is 3. The molecule has 34 heavy (non-hydrogen) atoms. The molecule has 0 bridgehead atoms. The van der Waals surface area contributed by atoms with Crippen molar-refractivity contribution >= 4 is 17.4 Å². The number of esters is 1. The number of carbonyl (C=O) groups excluding carboxylic acids is 2. The van der Waals surface area contributed by atoms with Crippen LogP contribution in [0.1, 0.15) is 33.1 Å². The molecular weight excluding hydrogens is 434 g/mol. The quantitative estimate of drug-likeness (QED) is 0.522. The van der Waals surface area contributed by atoms with Crippen LogP contribution in [0.15, 0.2) is 78.6 Å². The van der Waals surface area contributed by atoms with Gasteiger partial charge in [0, 0.05) is 12.1 Å². The summed E-state index contributed by atoms with van der Waals surface area (Å²) >= 11 is 0. The topological polar surface area (TPSA) is 85.3 Å². The molecule has 1 aliphatic rings. The molecule has 174 valence electrons. The van der Waals surface area contributed by atoms with E-state index in [1.165, 1.54) is 7.11 Å². The maximum Gasteiger partial charge on any atom is 0.337 e. The Balaban J connectivity index is 1.76. The second-order valence-corrected chi connectivity index (χ2v) is 7.79. The summed E-state index contributed by atoms with van der Waals surface area (Å²) in [5.74, 6) is 0.163. The Hall–Kier alpha value is -4.26. The summed E-state index contributed by atoms with van der Waals surface area (Å²) < 4.78 is 15.3. The summed E-state index contributed by atoms with van der Waals surface area (Å²) in [6.45, 7) is 0.274. The lowest BCUT2D eigenvalue weighted by molar-refractivity contribution is -0.130. The molecule has 0 aliphatic carbocycles. The highest BCUT2D eigenvalue weighted by Gasteiger charge is 2.41. The molecule has 0 saturated heterocycles. The van der Waals surface area contributed by atoms with E-state index in [0.717, 1.165) is 11.1 Å². The van der Waals surface area contributed by atoms with Gasteiger partial charge in [0.2, 0.25) is 0 Å². The summed E-state index contributed by atoms with van der Waals surface area (Å²) in [5.41, 5.74) is 3.23.